The van der Waals surface area contributed by atoms with E-state index in [2.05, 4.69) is 37.1 Å². The Bertz CT molecular complexity index is 333. The molecule has 1 aliphatic heterocycles. The molecule has 2 nitrogen and oxygen atoms in total. The normalized spacial score (nSPS) is 19.9. The zero-order valence-corrected chi connectivity index (χ0v) is 8.96. The molecule has 0 spiro atoms. The van der Waals surface area contributed by atoms with Crippen molar-refractivity contribution in [2.45, 2.75) is 25.8 Å². The van der Waals surface area contributed by atoms with Crippen LogP contribution in [0.3, 0.4) is 0 Å². The highest BCUT2D eigenvalue weighted by Crippen LogP contribution is 2.31. The minimum atomic E-state index is 0.637. The molecule has 2 heteroatoms. The highest BCUT2D eigenvalue weighted by atomic mass is 15.1. The van der Waals surface area contributed by atoms with E-state index in [-0.39, 0.29) is 0 Å². The third-order valence-corrected chi connectivity index (χ3v) is 3.14. The fourth-order valence-electron chi connectivity index (χ4n) is 2.13. The SMILES string of the molecule is CC1Cc2ccc(CCN)cc2N1C. The third-order valence-electron chi connectivity index (χ3n) is 3.14. The Morgan fingerprint density at radius 2 is 2.29 bits per heavy atom. The van der Waals surface area contributed by atoms with E-state index in [4.69, 9.17) is 5.73 Å². The second-order valence-corrected chi connectivity index (χ2v) is 4.17. The van der Waals surface area contributed by atoms with Gasteiger partial charge in [-0.05, 0) is 43.5 Å². The van der Waals surface area contributed by atoms with E-state index in [0.717, 1.165) is 13.0 Å². The van der Waals surface area contributed by atoms with Gasteiger partial charge in [-0.25, -0.2) is 0 Å². The van der Waals surface area contributed by atoms with Gasteiger partial charge in [0.15, 0.2) is 0 Å². The molecule has 1 heterocycles. The molecular weight excluding hydrogens is 172 g/mol. The lowest BCUT2D eigenvalue weighted by molar-refractivity contribution is 0.732. The van der Waals surface area contributed by atoms with Crippen LogP contribution in [-0.2, 0) is 12.8 Å². The van der Waals surface area contributed by atoms with E-state index >= 15 is 0 Å². The van der Waals surface area contributed by atoms with Crippen molar-refractivity contribution in [2.75, 3.05) is 18.5 Å². The monoisotopic (exact) mass is 190 g/mol. The average Bonchev–Trinajstić information content (AvgIpc) is 2.45. The molecule has 0 aromatic heterocycles. The van der Waals surface area contributed by atoms with Crippen LogP contribution in [0, 0.1) is 0 Å². The van der Waals surface area contributed by atoms with E-state index in [1.165, 1.54) is 23.2 Å². The van der Waals surface area contributed by atoms with Gasteiger partial charge in [-0.15, -0.1) is 0 Å². The summed E-state index contributed by atoms with van der Waals surface area (Å²) in [6, 6.07) is 7.38. The molecule has 1 aliphatic rings. The van der Waals surface area contributed by atoms with Crippen molar-refractivity contribution in [1.82, 2.24) is 0 Å². The van der Waals surface area contributed by atoms with E-state index < -0.39 is 0 Å². The molecule has 1 aromatic rings. The Morgan fingerprint density at radius 1 is 1.50 bits per heavy atom. The van der Waals surface area contributed by atoms with Crippen molar-refractivity contribution in [3.63, 3.8) is 0 Å². The summed E-state index contributed by atoms with van der Waals surface area (Å²) in [5.74, 6) is 0. The number of nitrogens with zero attached hydrogens (tertiary/aromatic N) is 1. The smallest absolute Gasteiger partial charge is 0.0402 e. The standard InChI is InChI=1S/C12H18N2/c1-9-7-11-4-3-10(5-6-13)8-12(11)14(9)2/h3-4,8-9H,5-7,13H2,1-2H3. The highest BCUT2D eigenvalue weighted by Gasteiger charge is 2.22. The van der Waals surface area contributed by atoms with Gasteiger partial charge >= 0.3 is 0 Å². The maximum atomic E-state index is 5.55. The molecule has 2 N–H and O–H groups in total. The summed E-state index contributed by atoms with van der Waals surface area (Å²) >= 11 is 0. The molecule has 76 valence electrons. The first-order chi connectivity index (χ1) is 6.72. The minimum Gasteiger partial charge on any atom is -0.371 e. The van der Waals surface area contributed by atoms with Gasteiger partial charge in [0.1, 0.15) is 0 Å². The van der Waals surface area contributed by atoms with Gasteiger partial charge in [0.25, 0.3) is 0 Å². The molecule has 0 amide bonds. The second-order valence-electron chi connectivity index (χ2n) is 4.17. The first kappa shape index (κ1) is 9.53. The topological polar surface area (TPSA) is 29.3 Å². The van der Waals surface area contributed by atoms with Crippen molar-refractivity contribution in [2.24, 2.45) is 5.73 Å². The molecule has 0 saturated heterocycles. The lowest BCUT2D eigenvalue weighted by Crippen LogP contribution is -2.23. The molecule has 0 fully saturated rings. The summed E-state index contributed by atoms with van der Waals surface area (Å²) in [4.78, 5) is 2.36. The van der Waals surface area contributed by atoms with Gasteiger partial charge in [0.2, 0.25) is 0 Å². The van der Waals surface area contributed by atoms with Gasteiger partial charge in [0.05, 0.1) is 0 Å². The van der Waals surface area contributed by atoms with Crippen molar-refractivity contribution in [3.8, 4) is 0 Å². The largest absolute Gasteiger partial charge is 0.371 e. The Balaban J connectivity index is 2.31. The van der Waals surface area contributed by atoms with Gasteiger partial charge < -0.3 is 10.6 Å². The molecule has 0 aliphatic carbocycles. The van der Waals surface area contributed by atoms with Crippen LogP contribution in [0.5, 0.6) is 0 Å². The fourth-order valence-corrected chi connectivity index (χ4v) is 2.13. The summed E-state index contributed by atoms with van der Waals surface area (Å²) in [6.07, 6.45) is 2.16. The summed E-state index contributed by atoms with van der Waals surface area (Å²) in [6.45, 7) is 3.00. The number of rotatable bonds is 2. The fraction of sp³-hybridized carbons (Fsp3) is 0.500. The zero-order chi connectivity index (χ0) is 10.1. The molecule has 1 atom stereocenters. The predicted molar refractivity (Wildman–Crippen MR) is 60.8 cm³/mol. The zero-order valence-electron chi connectivity index (χ0n) is 8.96. The van der Waals surface area contributed by atoms with Crippen molar-refractivity contribution in [1.29, 1.82) is 0 Å². The van der Waals surface area contributed by atoms with Crippen molar-refractivity contribution < 1.29 is 0 Å². The molecular formula is C12H18N2. The average molecular weight is 190 g/mol. The summed E-state index contributed by atoms with van der Waals surface area (Å²) < 4.78 is 0. The minimum absolute atomic E-state index is 0.637. The first-order valence-corrected chi connectivity index (χ1v) is 5.27. The molecule has 0 saturated carbocycles. The number of nitrogens with two attached hydrogens (primary N) is 1. The molecule has 1 unspecified atom stereocenters. The van der Waals surface area contributed by atoms with Crippen LogP contribution in [0.1, 0.15) is 18.1 Å². The molecule has 14 heavy (non-hydrogen) atoms. The Morgan fingerprint density at radius 3 is 3.00 bits per heavy atom. The van der Waals surface area contributed by atoms with Gasteiger partial charge in [-0.1, -0.05) is 12.1 Å². The van der Waals surface area contributed by atoms with Crippen LogP contribution in [0.25, 0.3) is 0 Å². The number of fused-ring (bicyclic) bond motifs is 1. The Kier molecular flexibility index (Phi) is 2.46. The first-order valence-electron chi connectivity index (χ1n) is 5.27. The second kappa shape index (κ2) is 3.62. The van der Waals surface area contributed by atoms with E-state index in [0.29, 0.717) is 6.04 Å². The number of anilines is 1. The van der Waals surface area contributed by atoms with Crippen molar-refractivity contribution >= 4 is 5.69 Å². The Hall–Kier alpha value is -1.02. The van der Waals surface area contributed by atoms with E-state index in [1.807, 2.05) is 0 Å². The lowest BCUT2D eigenvalue weighted by Gasteiger charge is -2.18. The maximum Gasteiger partial charge on any atom is 0.0402 e. The Labute approximate surface area is 85.7 Å². The van der Waals surface area contributed by atoms with Gasteiger partial charge in [-0.3, -0.25) is 0 Å². The summed E-state index contributed by atoms with van der Waals surface area (Å²) in [5.41, 5.74) is 9.77. The number of benzene rings is 1. The predicted octanol–water partition coefficient (Wildman–Crippen LogP) is 1.57. The van der Waals surface area contributed by atoms with Crippen molar-refractivity contribution in [3.05, 3.63) is 29.3 Å². The van der Waals surface area contributed by atoms with Crippen LogP contribution < -0.4 is 10.6 Å². The van der Waals surface area contributed by atoms with Crippen LogP contribution in [0.15, 0.2) is 18.2 Å². The van der Waals surface area contributed by atoms with Gasteiger partial charge in [0, 0.05) is 18.8 Å². The summed E-state index contributed by atoms with van der Waals surface area (Å²) in [5, 5.41) is 0. The van der Waals surface area contributed by atoms with Crippen LogP contribution >= 0.6 is 0 Å². The van der Waals surface area contributed by atoms with E-state index in [1.54, 1.807) is 0 Å². The lowest BCUT2D eigenvalue weighted by atomic mass is 10.1. The molecule has 2 rings (SSSR count). The van der Waals surface area contributed by atoms with Gasteiger partial charge in [-0.2, -0.15) is 0 Å². The quantitative estimate of drug-likeness (QED) is 0.767. The molecule has 0 radical (unpaired) electrons. The number of hydrogen-bond acceptors (Lipinski definition) is 2. The number of hydrogen-bond donors (Lipinski definition) is 1. The maximum absolute atomic E-state index is 5.55. The van der Waals surface area contributed by atoms with E-state index in [9.17, 15) is 0 Å². The summed E-state index contributed by atoms with van der Waals surface area (Å²) in [7, 11) is 2.17. The third kappa shape index (κ3) is 1.50. The number of likely N-dealkylation sites (N-methyl/N-ethyl adjacent to an activating group) is 1. The molecule has 0 bridgehead atoms. The van der Waals surface area contributed by atoms with Crippen LogP contribution in [0.2, 0.25) is 0 Å². The molecule has 1 aromatic carbocycles. The highest BCUT2D eigenvalue weighted by molar-refractivity contribution is 5.60. The van der Waals surface area contributed by atoms with Crippen LogP contribution in [-0.4, -0.2) is 19.6 Å². The van der Waals surface area contributed by atoms with Crippen LogP contribution in [0.4, 0.5) is 5.69 Å².